The van der Waals surface area contributed by atoms with Crippen molar-refractivity contribution in [2.45, 2.75) is 51.8 Å². The third kappa shape index (κ3) is 2.42. The number of aliphatic hydroxyl groups is 1. The standard InChI is InChI=1S/C14H20N4O/c1-2-12(19)11-6-8-17(9-11)10-14-16-15-13-5-3-4-7-18(13)14/h6,8-9,12,19H,2-5,7,10H2,1H3. The zero-order valence-corrected chi connectivity index (χ0v) is 11.3. The molecule has 1 atom stereocenters. The molecule has 1 N–H and O–H groups in total. The summed E-state index contributed by atoms with van der Waals surface area (Å²) in [6, 6.07) is 1.97. The molecule has 19 heavy (non-hydrogen) atoms. The Hall–Kier alpha value is -1.62. The van der Waals surface area contributed by atoms with Gasteiger partial charge < -0.3 is 14.2 Å². The third-order valence-electron chi connectivity index (χ3n) is 3.80. The number of fused-ring (bicyclic) bond motifs is 1. The first-order valence-electron chi connectivity index (χ1n) is 7.02. The van der Waals surface area contributed by atoms with Crippen LogP contribution in [0.3, 0.4) is 0 Å². The number of nitrogens with zero attached hydrogens (tertiary/aromatic N) is 4. The highest BCUT2D eigenvalue weighted by Gasteiger charge is 2.16. The molecule has 5 nitrogen and oxygen atoms in total. The average molecular weight is 260 g/mol. The molecule has 0 radical (unpaired) electrons. The summed E-state index contributed by atoms with van der Waals surface area (Å²) in [5, 5.41) is 18.4. The second kappa shape index (κ2) is 5.17. The zero-order chi connectivity index (χ0) is 13.2. The molecular formula is C14H20N4O. The number of rotatable bonds is 4. The van der Waals surface area contributed by atoms with E-state index in [1.807, 2.05) is 25.4 Å². The van der Waals surface area contributed by atoms with Gasteiger partial charge in [0.25, 0.3) is 0 Å². The van der Waals surface area contributed by atoms with Gasteiger partial charge in [-0.2, -0.15) is 0 Å². The van der Waals surface area contributed by atoms with Crippen molar-refractivity contribution in [3.05, 3.63) is 35.7 Å². The molecule has 5 heteroatoms. The molecule has 3 heterocycles. The van der Waals surface area contributed by atoms with E-state index >= 15 is 0 Å². The number of hydrogen-bond donors (Lipinski definition) is 1. The van der Waals surface area contributed by atoms with Crippen LogP contribution in [0, 0.1) is 0 Å². The summed E-state index contributed by atoms with van der Waals surface area (Å²) >= 11 is 0. The summed E-state index contributed by atoms with van der Waals surface area (Å²) in [7, 11) is 0. The smallest absolute Gasteiger partial charge is 0.152 e. The Morgan fingerprint density at radius 1 is 1.37 bits per heavy atom. The van der Waals surface area contributed by atoms with Gasteiger partial charge >= 0.3 is 0 Å². The number of aryl methyl sites for hydroxylation is 1. The van der Waals surface area contributed by atoms with Crippen LogP contribution in [-0.2, 0) is 19.5 Å². The molecule has 0 saturated heterocycles. The van der Waals surface area contributed by atoms with Gasteiger partial charge in [-0.3, -0.25) is 0 Å². The van der Waals surface area contributed by atoms with Gasteiger partial charge in [-0.05, 0) is 30.9 Å². The Labute approximate surface area is 112 Å². The molecule has 0 aliphatic carbocycles. The molecule has 0 amide bonds. The van der Waals surface area contributed by atoms with E-state index in [1.54, 1.807) is 0 Å². The molecule has 0 aromatic carbocycles. The summed E-state index contributed by atoms with van der Waals surface area (Å²) in [5.41, 5.74) is 0.973. The summed E-state index contributed by atoms with van der Waals surface area (Å²) in [6.45, 7) is 3.74. The fourth-order valence-corrected chi connectivity index (χ4v) is 2.64. The molecule has 3 rings (SSSR count). The van der Waals surface area contributed by atoms with E-state index < -0.39 is 0 Å². The van der Waals surface area contributed by atoms with Gasteiger partial charge in [-0.15, -0.1) is 10.2 Å². The fraction of sp³-hybridized carbons (Fsp3) is 0.571. The maximum absolute atomic E-state index is 9.81. The van der Waals surface area contributed by atoms with E-state index in [4.69, 9.17) is 0 Å². The minimum absolute atomic E-state index is 0.367. The second-order valence-corrected chi connectivity index (χ2v) is 5.18. The van der Waals surface area contributed by atoms with Crippen molar-refractivity contribution in [1.29, 1.82) is 0 Å². The molecule has 1 unspecified atom stereocenters. The van der Waals surface area contributed by atoms with E-state index in [1.165, 1.54) is 12.8 Å². The maximum Gasteiger partial charge on any atom is 0.152 e. The Bertz CT molecular complexity index is 558. The lowest BCUT2D eigenvalue weighted by Gasteiger charge is -2.14. The molecule has 1 aliphatic rings. The first-order chi connectivity index (χ1) is 9.28. The highest BCUT2D eigenvalue weighted by Crippen LogP contribution is 2.18. The summed E-state index contributed by atoms with van der Waals surface area (Å²) in [4.78, 5) is 0. The van der Waals surface area contributed by atoms with Gasteiger partial charge in [0.2, 0.25) is 0 Å². The number of hydrogen-bond acceptors (Lipinski definition) is 3. The molecule has 2 aromatic rings. The van der Waals surface area contributed by atoms with Crippen LogP contribution >= 0.6 is 0 Å². The fourth-order valence-electron chi connectivity index (χ4n) is 2.64. The largest absolute Gasteiger partial charge is 0.388 e. The summed E-state index contributed by atoms with van der Waals surface area (Å²) < 4.78 is 4.31. The van der Waals surface area contributed by atoms with E-state index in [9.17, 15) is 5.11 Å². The summed E-state index contributed by atoms with van der Waals surface area (Å²) in [5.74, 6) is 2.13. The lowest BCUT2D eigenvalue weighted by Crippen LogP contribution is -2.14. The molecule has 2 aromatic heterocycles. The van der Waals surface area contributed by atoms with Crippen molar-refractivity contribution in [2.75, 3.05) is 0 Å². The van der Waals surface area contributed by atoms with Gasteiger partial charge in [0.15, 0.2) is 5.82 Å². The van der Waals surface area contributed by atoms with Crippen LogP contribution in [0.15, 0.2) is 18.5 Å². The van der Waals surface area contributed by atoms with Crippen molar-refractivity contribution in [2.24, 2.45) is 0 Å². The first kappa shape index (κ1) is 12.4. The quantitative estimate of drug-likeness (QED) is 0.913. The van der Waals surface area contributed by atoms with Crippen molar-refractivity contribution in [1.82, 2.24) is 19.3 Å². The molecule has 0 spiro atoms. The minimum Gasteiger partial charge on any atom is -0.388 e. The predicted molar refractivity (Wildman–Crippen MR) is 71.7 cm³/mol. The van der Waals surface area contributed by atoms with Crippen molar-refractivity contribution >= 4 is 0 Å². The topological polar surface area (TPSA) is 55.9 Å². The van der Waals surface area contributed by atoms with Crippen LogP contribution in [0.5, 0.6) is 0 Å². The van der Waals surface area contributed by atoms with Crippen molar-refractivity contribution in [3.63, 3.8) is 0 Å². The molecule has 1 aliphatic heterocycles. The van der Waals surface area contributed by atoms with Crippen LogP contribution in [0.2, 0.25) is 0 Å². The van der Waals surface area contributed by atoms with Gasteiger partial charge in [-0.25, -0.2) is 0 Å². The first-order valence-corrected chi connectivity index (χ1v) is 7.02. The Balaban J connectivity index is 1.78. The lowest BCUT2D eigenvalue weighted by atomic mass is 10.1. The van der Waals surface area contributed by atoms with E-state index in [0.717, 1.165) is 43.1 Å². The number of aliphatic hydroxyl groups excluding tert-OH is 1. The van der Waals surface area contributed by atoms with Crippen LogP contribution in [-0.4, -0.2) is 24.4 Å². The molecular weight excluding hydrogens is 240 g/mol. The average Bonchev–Trinajstić information content (AvgIpc) is 3.06. The van der Waals surface area contributed by atoms with Crippen LogP contribution in [0.1, 0.15) is 49.5 Å². The predicted octanol–water partition coefficient (Wildman–Crippen LogP) is 1.91. The lowest BCUT2D eigenvalue weighted by molar-refractivity contribution is 0.173. The van der Waals surface area contributed by atoms with E-state index in [2.05, 4.69) is 19.3 Å². The maximum atomic E-state index is 9.81. The molecule has 102 valence electrons. The normalized spacial score (nSPS) is 16.3. The SMILES string of the molecule is CCC(O)c1ccn(Cc2nnc3n2CCCC3)c1. The van der Waals surface area contributed by atoms with Gasteiger partial charge in [-0.1, -0.05) is 6.92 Å². The highest BCUT2D eigenvalue weighted by atomic mass is 16.3. The molecule has 0 bridgehead atoms. The second-order valence-electron chi connectivity index (χ2n) is 5.18. The van der Waals surface area contributed by atoms with Crippen LogP contribution in [0.4, 0.5) is 0 Å². The van der Waals surface area contributed by atoms with Gasteiger partial charge in [0, 0.05) is 25.4 Å². The van der Waals surface area contributed by atoms with Crippen LogP contribution in [0.25, 0.3) is 0 Å². The van der Waals surface area contributed by atoms with Gasteiger partial charge in [0.05, 0.1) is 12.6 Å². The van der Waals surface area contributed by atoms with Crippen molar-refractivity contribution < 1.29 is 5.11 Å². The minimum atomic E-state index is -0.367. The monoisotopic (exact) mass is 260 g/mol. The Morgan fingerprint density at radius 3 is 3.11 bits per heavy atom. The van der Waals surface area contributed by atoms with Gasteiger partial charge in [0.1, 0.15) is 5.82 Å². The Kier molecular flexibility index (Phi) is 3.38. The highest BCUT2D eigenvalue weighted by molar-refractivity contribution is 5.14. The molecule has 0 saturated carbocycles. The van der Waals surface area contributed by atoms with E-state index in [0.29, 0.717) is 0 Å². The number of aromatic nitrogens is 4. The molecule has 0 fully saturated rings. The van der Waals surface area contributed by atoms with E-state index in [-0.39, 0.29) is 6.10 Å². The summed E-state index contributed by atoms with van der Waals surface area (Å²) in [6.07, 6.45) is 7.84. The Morgan fingerprint density at radius 2 is 2.26 bits per heavy atom. The zero-order valence-electron chi connectivity index (χ0n) is 11.3. The third-order valence-corrected chi connectivity index (χ3v) is 3.80. The van der Waals surface area contributed by atoms with Crippen molar-refractivity contribution in [3.8, 4) is 0 Å². The van der Waals surface area contributed by atoms with Crippen LogP contribution < -0.4 is 0 Å².